The molecule has 0 aliphatic rings. The zero-order chi connectivity index (χ0) is 17.8. The molecule has 1 atom stereocenters. The molecule has 128 valence electrons. The van der Waals surface area contributed by atoms with Gasteiger partial charge >= 0.3 is 0 Å². The molecule has 0 radical (unpaired) electrons. The van der Waals surface area contributed by atoms with Crippen LogP contribution in [0.2, 0.25) is 0 Å². The number of hydrogen-bond acceptors (Lipinski definition) is 5. The first kappa shape index (κ1) is 17.0. The number of nitrogens with zero attached hydrogens (tertiary/aromatic N) is 4. The van der Waals surface area contributed by atoms with Crippen molar-refractivity contribution in [3.8, 4) is 11.3 Å². The van der Waals surface area contributed by atoms with Gasteiger partial charge in [0, 0.05) is 29.3 Å². The van der Waals surface area contributed by atoms with Gasteiger partial charge in [-0.25, -0.2) is 9.97 Å². The summed E-state index contributed by atoms with van der Waals surface area (Å²) in [5, 5.41) is 3.41. The fraction of sp³-hybridized carbons (Fsp3) is 0.300. The van der Waals surface area contributed by atoms with Gasteiger partial charge in [0.15, 0.2) is 0 Å². The van der Waals surface area contributed by atoms with Crippen molar-refractivity contribution >= 4 is 5.95 Å². The fourth-order valence-corrected chi connectivity index (χ4v) is 2.83. The van der Waals surface area contributed by atoms with Gasteiger partial charge in [0.2, 0.25) is 5.95 Å². The van der Waals surface area contributed by atoms with Crippen LogP contribution in [0.1, 0.15) is 42.0 Å². The molecule has 25 heavy (non-hydrogen) atoms. The first-order valence-electron chi connectivity index (χ1n) is 8.53. The SMILES string of the molecule is CC[C@@H](Nc1nccc(-c2ccc(C)nc2C)n1)c1cc(C)ccn1. The number of hydrogen-bond donors (Lipinski definition) is 1. The first-order chi connectivity index (χ1) is 12.1. The first-order valence-corrected chi connectivity index (χ1v) is 8.53. The van der Waals surface area contributed by atoms with Gasteiger partial charge in [-0.05, 0) is 63.1 Å². The van der Waals surface area contributed by atoms with Crippen LogP contribution < -0.4 is 5.32 Å². The Morgan fingerprint density at radius 2 is 1.76 bits per heavy atom. The van der Waals surface area contributed by atoms with Crippen LogP contribution in [0.15, 0.2) is 42.7 Å². The van der Waals surface area contributed by atoms with E-state index in [1.807, 2.05) is 38.2 Å². The molecule has 0 amide bonds. The summed E-state index contributed by atoms with van der Waals surface area (Å²) in [5.74, 6) is 0.604. The van der Waals surface area contributed by atoms with Gasteiger partial charge in [-0.1, -0.05) is 6.92 Å². The highest BCUT2D eigenvalue weighted by Gasteiger charge is 2.13. The highest BCUT2D eigenvalue weighted by molar-refractivity contribution is 5.62. The van der Waals surface area contributed by atoms with Crippen LogP contribution in [0.5, 0.6) is 0 Å². The molecule has 5 heteroatoms. The number of aryl methyl sites for hydroxylation is 3. The fourth-order valence-electron chi connectivity index (χ4n) is 2.83. The Kier molecular flexibility index (Phi) is 5.03. The molecule has 3 aromatic heterocycles. The van der Waals surface area contributed by atoms with Crippen molar-refractivity contribution in [2.24, 2.45) is 0 Å². The predicted octanol–water partition coefficient (Wildman–Crippen LogP) is 4.42. The number of nitrogens with one attached hydrogen (secondary N) is 1. The Balaban J connectivity index is 1.88. The standard InChI is InChI=1S/C20H23N5/c1-5-17(19-12-13(2)8-10-21-19)24-20-22-11-9-18(25-20)16-7-6-14(3)23-15(16)4/h6-12,17H,5H2,1-4H3,(H,22,24,25)/t17-/m1/s1. The molecule has 0 aliphatic carbocycles. The lowest BCUT2D eigenvalue weighted by atomic mass is 10.1. The van der Waals surface area contributed by atoms with E-state index in [0.717, 1.165) is 34.8 Å². The van der Waals surface area contributed by atoms with Crippen molar-refractivity contribution in [1.82, 2.24) is 19.9 Å². The molecule has 0 aromatic carbocycles. The minimum absolute atomic E-state index is 0.0763. The minimum atomic E-state index is 0.0763. The molecule has 0 fully saturated rings. The molecule has 0 bridgehead atoms. The Bertz CT molecular complexity index is 875. The highest BCUT2D eigenvalue weighted by atomic mass is 15.1. The normalized spacial score (nSPS) is 12.0. The van der Waals surface area contributed by atoms with Crippen LogP contribution in [0.4, 0.5) is 5.95 Å². The number of aromatic nitrogens is 4. The lowest BCUT2D eigenvalue weighted by molar-refractivity contribution is 0.713. The van der Waals surface area contributed by atoms with Crippen LogP contribution in [0, 0.1) is 20.8 Å². The second kappa shape index (κ2) is 7.38. The third-order valence-corrected chi connectivity index (χ3v) is 4.16. The summed E-state index contributed by atoms with van der Waals surface area (Å²) in [6.07, 6.45) is 4.52. The largest absolute Gasteiger partial charge is 0.346 e. The zero-order valence-corrected chi connectivity index (χ0v) is 15.1. The summed E-state index contributed by atoms with van der Waals surface area (Å²) in [4.78, 5) is 18.1. The van der Waals surface area contributed by atoms with Gasteiger partial charge in [-0.15, -0.1) is 0 Å². The van der Waals surface area contributed by atoms with Crippen molar-refractivity contribution in [2.45, 2.75) is 40.2 Å². The van der Waals surface area contributed by atoms with Gasteiger partial charge < -0.3 is 5.32 Å². The zero-order valence-electron chi connectivity index (χ0n) is 15.1. The summed E-state index contributed by atoms with van der Waals surface area (Å²) in [7, 11) is 0. The molecule has 3 rings (SSSR count). The number of anilines is 1. The van der Waals surface area contributed by atoms with E-state index in [9.17, 15) is 0 Å². The average molecular weight is 333 g/mol. The van der Waals surface area contributed by atoms with Gasteiger partial charge in [0.05, 0.1) is 17.4 Å². The maximum atomic E-state index is 4.68. The monoisotopic (exact) mass is 333 g/mol. The van der Waals surface area contributed by atoms with E-state index in [4.69, 9.17) is 0 Å². The Morgan fingerprint density at radius 1 is 0.960 bits per heavy atom. The Hall–Kier alpha value is -2.82. The summed E-state index contributed by atoms with van der Waals surface area (Å²) < 4.78 is 0. The molecule has 3 heterocycles. The van der Waals surface area contributed by atoms with Crippen molar-refractivity contribution in [1.29, 1.82) is 0 Å². The van der Waals surface area contributed by atoms with E-state index >= 15 is 0 Å². The van der Waals surface area contributed by atoms with E-state index in [0.29, 0.717) is 5.95 Å². The lowest BCUT2D eigenvalue weighted by Gasteiger charge is -2.17. The molecule has 5 nitrogen and oxygen atoms in total. The Labute approximate surface area is 148 Å². The summed E-state index contributed by atoms with van der Waals surface area (Å²) in [6.45, 7) is 8.19. The van der Waals surface area contributed by atoms with Gasteiger partial charge in [-0.2, -0.15) is 0 Å². The van der Waals surface area contributed by atoms with Gasteiger partial charge in [-0.3, -0.25) is 9.97 Å². The second-order valence-electron chi connectivity index (χ2n) is 6.21. The van der Waals surface area contributed by atoms with Crippen molar-refractivity contribution in [3.05, 3.63) is 65.4 Å². The van der Waals surface area contributed by atoms with Crippen LogP contribution in [-0.2, 0) is 0 Å². The van der Waals surface area contributed by atoms with Crippen molar-refractivity contribution < 1.29 is 0 Å². The number of pyridine rings is 2. The maximum absolute atomic E-state index is 4.68. The van der Waals surface area contributed by atoms with Crippen LogP contribution in [0.3, 0.4) is 0 Å². The highest BCUT2D eigenvalue weighted by Crippen LogP contribution is 2.23. The molecule has 0 spiro atoms. The third kappa shape index (κ3) is 3.99. The van der Waals surface area contributed by atoms with E-state index in [1.165, 1.54) is 5.56 Å². The summed E-state index contributed by atoms with van der Waals surface area (Å²) >= 11 is 0. The van der Waals surface area contributed by atoms with Crippen molar-refractivity contribution in [2.75, 3.05) is 5.32 Å². The average Bonchev–Trinajstić information content (AvgIpc) is 2.60. The van der Waals surface area contributed by atoms with Crippen LogP contribution in [0.25, 0.3) is 11.3 Å². The van der Waals surface area contributed by atoms with E-state index < -0.39 is 0 Å². The van der Waals surface area contributed by atoms with E-state index in [1.54, 1.807) is 6.20 Å². The second-order valence-corrected chi connectivity index (χ2v) is 6.21. The van der Waals surface area contributed by atoms with Crippen molar-refractivity contribution in [3.63, 3.8) is 0 Å². The quantitative estimate of drug-likeness (QED) is 0.748. The van der Waals surface area contributed by atoms with Crippen LogP contribution >= 0.6 is 0 Å². The Morgan fingerprint density at radius 3 is 2.48 bits per heavy atom. The molecule has 0 unspecified atom stereocenters. The molecule has 0 aliphatic heterocycles. The third-order valence-electron chi connectivity index (χ3n) is 4.16. The topological polar surface area (TPSA) is 63.6 Å². The lowest BCUT2D eigenvalue weighted by Crippen LogP contribution is -2.13. The molecule has 0 saturated carbocycles. The molecular weight excluding hydrogens is 310 g/mol. The molecule has 3 aromatic rings. The van der Waals surface area contributed by atoms with E-state index in [2.05, 4.69) is 51.2 Å². The maximum Gasteiger partial charge on any atom is 0.223 e. The number of rotatable bonds is 5. The molecule has 1 N–H and O–H groups in total. The van der Waals surface area contributed by atoms with Gasteiger partial charge in [0.25, 0.3) is 0 Å². The van der Waals surface area contributed by atoms with Crippen LogP contribution in [-0.4, -0.2) is 19.9 Å². The molecule has 0 saturated heterocycles. The smallest absolute Gasteiger partial charge is 0.223 e. The van der Waals surface area contributed by atoms with Gasteiger partial charge in [0.1, 0.15) is 0 Å². The summed E-state index contributed by atoms with van der Waals surface area (Å²) in [6, 6.07) is 10.1. The molecular formula is C20H23N5. The minimum Gasteiger partial charge on any atom is -0.346 e. The van der Waals surface area contributed by atoms with E-state index in [-0.39, 0.29) is 6.04 Å². The predicted molar refractivity (Wildman–Crippen MR) is 100 cm³/mol. The summed E-state index contributed by atoms with van der Waals surface area (Å²) in [5.41, 5.74) is 6.07.